The molecule has 9 heteroatoms. The molecule has 0 bridgehead atoms. The molecule has 2 aliphatic heterocycles. The van der Waals surface area contributed by atoms with Gasteiger partial charge in [0.2, 0.25) is 15.9 Å². The molecule has 8 nitrogen and oxygen atoms in total. The first-order chi connectivity index (χ1) is 14.4. The van der Waals surface area contributed by atoms with Crippen molar-refractivity contribution < 1.29 is 13.2 Å². The van der Waals surface area contributed by atoms with Crippen LogP contribution in [0.1, 0.15) is 44.1 Å². The van der Waals surface area contributed by atoms with Crippen molar-refractivity contribution in [1.29, 1.82) is 0 Å². The molecule has 3 heterocycles. The second-order valence-electron chi connectivity index (χ2n) is 9.90. The molecular weight excluding hydrogens is 402 g/mol. The molecule has 0 radical (unpaired) electrons. The Hall–Kier alpha value is -1.45. The van der Waals surface area contributed by atoms with Crippen LogP contribution in [0.5, 0.6) is 0 Å². The Balaban J connectivity index is 1.37. The van der Waals surface area contributed by atoms with Gasteiger partial charge in [-0.3, -0.25) is 14.4 Å². The van der Waals surface area contributed by atoms with Gasteiger partial charge in [0.25, 0.3) is 0 Å². The fourth-order valence-corrected chi connectivity index (χ4v) is 7.27. The number of nitrogens with zero attached hydrogens (tertiary/aromatic N) is 4. The lowest BCUT2D eigenvalue weighted by Crippen LogP contribution is -2.48. The number of amides is 1. The number of nitrogens with one attached hydrogen (secondary N) is 1. The molecule has 1 aromatic heterocycles. The first-order valence-corrected chi connectivity index (χ1v) is 12.8. The Bertz CT molecular complexity index is 907. The molecule has 0 spiro atoms. The zero-order chi connectivity index (χ0) is 20.9. The molecule has 5 rings (SSSR count). The number of likely N-dealkylation sites (tertiary alicyclic amines) is 1. The highest BCUT2D eigenvalue weighted by atomic mass is 32.2. The summed E-state index contributed by atoms with van der Waals surface area (Å²) in [5, 5.41) is 7.30. The number of carbonyl (C=O) groups is 1. The van der Waals surface area contributed by atoms with Gasteiger partial charge in [0, 0.05) is 64.0 Å². The highest BCUT2D eigenvalue weighted by molar-refractivity contribution is 7.90. The van der Waals surface area contributed by atoms with Crippen LogP contribution in [-0.2, 0) is 28.4 Å². The minimum absolute atomic E-state index is 0.0319. The van der Waals surface area contributed by atoms with Crippen molar-refractivity contribution >= 4 is 15.9 Å². The summed E-state index contributed by atoms with van der Waals surface area (Å²) in [6, 6.07) is 0. The Morgan fingerprint density at radius 1 is 1.27 bits per heavy atom. The number of rotatable bonds is 7. The van der Waals surface area contributed by atoms with E-state index < -0.39 is 15.4 Å². The van der Waals surface area contributed by atoms with Gasteiger partial charge in [-0.1, -0.05) is 0 Å². The van der Waals surface area contributed by atoms with Crippen molar-refractivity contribution in [3.8, 4) is 0 Å². The summed E-state index contributed by atoms with van der Waals surface area (Å²) in [7, 11) is -1.31. The smallest absolute Gasteiger partial charge is 0.227 e. The largest absolute Gasteiger partial charge is 0.355 e. The van der Waals surface area contributed by atoms with Crippen molar-refractivity contribution in [2.24, 2.45) is 24.3 Å². The van der Waals surface area contributed by atoms with Gasteiger partial charge in [-0.2, -0.15) is 5.10 Å². The second-order valence-corrected chi connectivity index (χ2v) is 12.1. The van der Waals surface area contributed by atoms with E-state index in [0.717, 1.165) is 50.9 Å². The van der Waals surface area contributed by atoms with Crippen molar-refractivity contribution in [3.05, 3.63) is 18.0 Å². The Labute approximate surface area is 179 Å². The van der Waals surface area contributed by atoms with E-state index in [4.69, 9.17) is 0 Å². The van der Waals surface area contributed by atoms with Crippen LogP contribution < -0.4 is 5.32 Å². The number of aromatic nitrogens is 2. The van der Waals surface area contributed by atoms with Crippen LogP contribution in [0.2, 0.25) is 0 Å². The fraction of sp³-hybridized carbons (Fsp3) is 0.810. The SMILES string of the molecule is Cn1cc(CN2C[C@H]3CN(S(=O)(=O)C4CC4)CCC[C@@]3(C(=O)NCC3CC3)C2)cn1. The zero-order valence-electron chi connectivity index (χ0n) is 17.8. The molecular formula is C21H33N5O3S. The van der Waals surface area contributed by atoms with E-state index in [1.165, 1.54) is 12.8 Å². The van der Waals surface area contributed by atoms with E-state index >= 15 is 0 Å². The van der Waals surface area contributed by atoms with Gasteiger partial charge in [0.15, 0.2) is 0 Å². The van der Waals surface area contributed by atoms with E-state index in [-0.39, 0.29) is 17.1 Å². The maximum atomic E-state index is 13.5. The van der Waals surface area contributed by atoms with Gasteiger partial charge >= 0.3 is 0 Å². The van der Waals surface area contributed by atoms with Gasteiger partial charge in [0.05, 0.1) is 16.9 Å². The van der Waals surface area contributed by atoms with Crippen LogP contribution in [-0.4, -0.2) is 71.3 Å². The third-order valence-corrected chi connectivity index (χ3v) is 9.76. The first kappa shape index (κ1) is 20.5. The highest BCUT2D eigenvalue weighted by Crippen LogP contribution is 2.45. The minimum Gasteiger partial charge on any atom is -0.355 e. The van der Waals surface area contributed by atoms with Gasteiger partial charge in [-0.25, -0.2) is 12.7 Å². The molecule has 4 aliphatic rings. The van der Waals surface area contributed by atoms with Gasteiger partial charge in [-0.05, 0) is 44.4 Å². The van der Waals surface area contributed by atoms with Crippen LogP contribution in [0.3, 0.4) is 0 Å². The van der Waals surface area contributed by atoms with E-state index in [0.29, 0.717) is 25.6 Å². The first-order valence-electron chi connectivity index (χ1n) is 11.3. The Morgan fingerprint density at radius 3 is 2.73 bits per heavy atom. The third kappa shape index (κ3) is 3.91. The maximum Gasteiger partial charge on any atom is 0.227 e. The molecule has 1 N–H and O–H groups in total. The van der Waals surface area contributed by atoms with Gasteiger partial charge in [-0.15, -0.1) is 0 Å². The predicted molar refractivity (Wildman–Crippen MR) is 113 cm³/mol. The molecule has 0 unspecified atom stereocenters. The number of hydrogen-bond acceptors (Lipinski definition) is 5. The predicted octanol–water partition coefficient (Wildman–Crippen LogP) is 0.953. The average molecular weight is 436 g/mol. The topological polar surface area (TPSA) is 87.5 Å². The summed E-state index contributed by atoms with van der Waals surface area (Å²) in [6.07, 6.45) is 9.37. The molecule has 2 saturated heterocycles. The van der Waals surface area contributed by atoms with Crippen LogP contribution in [0.15, 0.2) is 12.4 Å². The number of carbonyl (C=O) groups excluding carboxylic acids is 1. The monoisotopic (exact) mass is 435 g/mol. The molecule has 2 saturated carbocycles. The van der Waals surface area contributed by atoms with Crippen LogP contribution in [0, 0.1) is 17.3 Å². The molecule has 1 amide bonds. The number of hydrogen-bond donors (Lipinski definition) is 1. The molecule has 166 valence electrons. The van der Waals surface area contributed by atoms with E-state index in [1.54, 1.807) is 8.99 Å². The van der Waals surface area contributed by atoms with Crippen molar-refractivity contribution in [1.82, 2.24) is 24.3 Å². The van der Waals surface area contributed by atoms with E-state index in [1.807, 2.05) is 19.4 Å². The zero-order valence-corrected chi connectivity index (χ0v) is 18.6. The van der Waals surface area contributed by atoms with Crippen molar-refractivity contribution in [2.75, 3.05) is 32.7 Å². The minimum atomic E-state index is -3.22. The van der Waals surface area contributed by atoms with Crippen molar-refractivity contribution in [2.45, 2.75) is 50.3 Å². The Morgan fingerprint density at radius 2 is 2.07 bits per heavy atom. The van der Waals surface area contributed by atoms with Crippen molar-refractivity contribution in [3.63, 3.8) is 0 Å². The maximum absolute atomic E-state index is 13.5. The van der Waals surface area contributed by atoms with Gasteiger partial charge in [0.1, 0.15) is 0 Å². The normalized spacial score (nSPS) is 30.8. The second kappa shape index (κ2) is 7.60. The highest BCUT2D eigenvalue weighted by Gasteiger charge is 2.54. The Kier molecular flexibility index (Phi) is 5.18. The lowest BCUT2D eigenvalue weighted by Gasteiger charge is -2.32. The summed E-state index contributed by atoms with van der Waals surface area (Å²) in [5.74, 6) is 0.803. The molecule has 2 aliphatic carbocycles. The molecule has 0 aromatic carbocycles. The summed E-state index contributed by atoms with van der Waals surface area (Å²) in [4.78, 5) is 15.8. The summed E-state index contributed by atoms with van der Waals surface area (Å²) in [5.41, 5.74) is 0.634. The molecule has 1 aromatic rings. The quantitative estimate of drug-likeness (QED) is 0.689. The lowest BCUT2D eigenvalue weighted by atomic mass is 9.74. The molecule has 2 atom stereocenters. The summed E-state index contributed by atoms with van der Waals surface area (Å²) < 4.78 is 29.4. The number of fused-ring (bicyclic) bond motifs is 1. The molecule has 30 heavy (non-hydrogen) atoms. The van der Waals surface area contributed by atoms with Gasteiger partial charge < -0.3 is 5.32 Å². The van der Waals surface area contributed by atoms with E-state index in [2.05, 4.69) is 15.3 Å². The number of sulfonamides is 1. The van der Waals surface area contributed by atoms with E-state index in [9.17, 15) is 13.2 Å². The lowest BCUT2D eigenvalue weighted by molar-refractivity contribution is -0.132. The number of aryl methyl sites for hydroxylation is 1. The van der Waals surface area contributed by atoms with Crippen LogP contribution >= 0.6 is 0 Å². The summed E-state index contributed by atoms with van der Waals surface area (Å²) in [6.45, 7) is 3.98. The van der Waals surface area contributed by atoms with Crippen LogP contribution in [0.25, 0.3) is 0 Å². The standard InChI is InChI=1S/C21H33N5O3S/c1-24-11-17(10-23-24)12-25-13-18-14-26(30(28,29)19-5-6-19)8-2-7-21(18,15-25)20(27)22-9-16-3-4-16/h10-11,16,18-19H,2-9,12-15H2,1H3,(H,22,27)/t18-,21+/m0/s1. The average Bonchev–Trinajstić information content (AvgIpc) is 3.61. The van der Waals surface area contributed by atoms with Crippen LogP contribution in [0.4, 0.5) is 0 Å². The fourth-order valence-electron chi connectivity index (χ4n) is 5.35. The third-order valence-electron chi connectivity index (χ3n) is 7.39. The summed E-state index contributed by atoms with van der Waals surface area (Å²) >= 11 is 0. The molecule has 4 fully saturated rings.